The number of rotatable bonds is 6. The van der Waals surface area contributed by atoms with Crippen LogP contribution in [0, 0.1) is 13.8 Å². The minimum absolute atomic E-state index is 0.0614. The van der Waals surface area contributed by atoms with Crippen molar-refractivity contribution in [2.75, 3.05) is 4.90 Å². The molecule has 0 bridgehead atoms. The van der Waals surface area contributed by atoms with Crippen molar-refractivity contribution >= 4 is 39.8 Å². The Labute approximate surface area is 182 Å². The predicted molar refractivity (Wildman–Crippen MR) is 119 cm³/mol. The topological polar surface area (TPSA) is 77.1 Å². The van der Waals surface area contributed by atoms with E-state index in [-0.39, 0.29) is 5.91 Å². The summed E-state index contributed by atoms with van der Waals surface area (Å²) in [5.74, 6) is 1.92. The Morgan fingerprint density at radius 2 is 2.07 bits per heavy atom. The highest BCUT2D eigenvalue weighted by molar-refractivity contribution is 7.98. The monoisotopic (exact) mass is 439 g/mol. The minimum Gasteiger partial charge on any atom is -0.461 e. The van der Waals surface area contributed by atoms with Gasteiger partial charge in [0.15, 0.2) is 21.9 Å². The first-order valence-electron chi connectivity index (χ1n) is 9.33. The van der Waals surface area contributed by atoms with Gasteiger partial charge < -0.3 is 8.98 Å². The normalized spacial score (nSPS) is 11.1. The van der Waals surface area contributed by atoms with Gasteiger partial charge in [0.05, 0.1) is 17.6 Å². The first-order chi connectivity index (χ1) is 14.5. The standard InChI is InChI=1S/C21H21N5O2S2/c1-13-7-5-8-17(14(13)2)26(15(3)27)20-22-16(11-29-20)12-30-21-24-23-19(25(21)4)18-9-6-10-28-18/h5-11H,12H2,1-4H3. The molecule has 0 aliphatic carbocycles. The van der Waals surface area contributed by atoms with Crippen LogP contribution >= 0.6 is 23.1 Å². The van der Waals surface area contributed by atoms with Gasteiger partial charge in [-0.2, -0.15) is 0 Å². The summed E-state index contributed by atoms with van der Waals surface area (Å²) in [7, 11) is 1.91. The van der Waals surface area contributed by atoms with Gasteiger partial charge in [0, 0.05) is 25.1 Å². The minimum atomic E-state index is -0.0614. The maximum atomic E-state index is 12.4. The maximum Gasteiger partial charge on any atom is 0.230 e. The number of aromatic nitrogens is 4. The van der Waals surface area contributed by atoms with Crippen LogP contribution in [0.3, 0.4) is 0 Å². The molecule has 9 heteroatoms. The van der Waals surface area contributed by atoms with Crippen LogP contribution in [0.15, 0.2) is 51.5 Å². The number of aryl methyl sites for hydroxylation is 1. The number of carbonyl (C=O) groups excluding carboxylic acids is 1. The van der Waals surface area contributed by atoms with Gasteiger partial charge >= 0.3 is 0 Å². The summed E-state index contributed by atoms with van der Waals surface area (Å²) in [6.07, 6.45) is 1.62. The Kier molecular flexibility index (Phi) is 5.74. The lowest BCUT2D eigenvalue weighted by molar-refractivity contribution is -0.115. The lowest BCUT2D eigenvalue weighted by Crippen LogP contribution is -2.23. The van der Waals surface area contributed by atoms with Gasteiger partial charge in [0.1, 0.15) is 0 Å². The predicted octanol–water partition coefficient (Wildman–Crippen LogP) is 5.13. The summed E-state index contributed by atoms with van der Waals surface area (Å²) in [5, 5.41) is 11.9. The zero-order valence-electron chi connectivity index (χ0n) is 17.1. The lowest BCUT2D eigenvalue weighted by Gasteiger charge is -2.21. The fourth-order valence-electron chi connectivity index (χ4n) is 3.05. The van der Waals surface area contributed by atoms with E-state index in [1.54, 1.807) is 29.8 Å². The Morgan fingerprint density at radius 3 is 2.80 bits per heavy atom. The quantitative estimate of drug-likeness (QED) is 0.388. The molecule has 3 heterocycles. The van der Waals surface area contributed by atoms with Crippen molar-refractivity contribution < 1.29 is 9.21 Å². The molecule has 0 unspecified atom stereocenters. The lowest BCUT2D eigenvalue weighted by atomic mass is 10.1. The molecule has 0 aliphatic rings. The number of nitrogens with zero attached hydrogens (tertiary/aromatic N) is 5. The molecule has 0 aliphatic heterocycles. The van der Waals surface area contributed by atoms with Crippen molar-refractivity contribution in [2.24, 2.45) is 7.05 Å². The molecule has 0 N–H and O–H groups in total. The summed E-state index contributed by atoms with van der Waals surface area (Å²) < 4.78 is 7.31. The molecule has 0 saturated heterocycles. The molecule has 30 heavy (non-hydrogen) atoms. The number of thioether (sulfide) groups is 1. The molecule has 4 rings (SSSR count). The molecule has 0 radical (unpaired) electrons. The fraction of sp³-hybridized carbons (Fsp3) is 0.238. The van der Waals surface area contributed by atoms with E-state index in [1.807, 2.05) is 61.2 Å². The van der Waals surface area contributed by atoms with Crippen LogP contribution in [0.4, 0.5) is 10.8 Å². The molecule has 0 saturated carbocycles. The molecule has 0 spiro atoms. The van der Waals surface area contributed by atoms with Crippen molar-refractivity contribution in [3.63, 3.8) is 0 Å². The van der Waals surface area contributed by atoms with Gasteiger partial charge in [0.2, 0.25) is 5.91 Å². The molecule has 7 nitrogen and oxygen atoms in total. The van der Waals surface area contributed by atoms with E-state index in [0.717, 1.165) is 27.7 Å². The van der Waals surface area contributed by atoms with Crippen LogP contribution in [-0.4, -0.2) is 25.7 Å². The smallest absolute Gasteiger partial charge is 0.230 e. The number of hydrogen-bond acceptors (Lipinski definition) is 7. The largest absolute Gasteiger partial charge is 0.461 e. The SMILES string of the molecule is CC(=O)N(c1nc(CSc2nnc(-c3ccco3)n2C)cs1)c1cccc(C)c1C. The molecule has 0 fully saturated rings. The number of thiazole rings is 1. The molecule has 1 aromatic carbocycles. The molecule has 0 atom stereocenters. The van der Waals surface area contributed by atoms with Gasteiger partial charge in [0.25, 0.3) is 0 Å². The van der Waals surface area contributed by atoms with Crippen molar-refractivity contribution in [3.8, 4) is 11.6 Å². The number of anilines is 2. The number of hydrogen-bond donors (Lipinski definition) is 0. The summed E-state index contributed by atoms with van der Waals surface area (Å²) in [4.78, 5) is 18.8. The second kappa shape index (κ2) is 8.45. The van der Waals surface area contributed by atoms with Crippen LogP contribution in [0.25, 0.3) is 11.6 Å². The van der Waals surface area contributed by atoms with E-state index in [0.29, 0.717) is 22.5 Å². The third-order valence-corrected chi connectivity index (χ3v) is 6.72. The fourth-order valence-corrected chi connectivity index (χ4v) is 4.84. The zero-order chi connectivity index (χ0) is 21.3. The van der Waals surface area contributed by atoms with Gasteiger partial charge in [-0.15, -0.1) is 21.5 Å². The highest BCUT2D eigenvalue weighted by Gasteiger charge is 2.21. The second-order valence-corrected chi connectivity index (χ2v) is 8.61. The zero-order valence-corrected chi connectivity index (χ0v) is 18.8. The molecular weight excluding hydrogens is 418 g/mol. The summed E-state index contributed by atoms with van der Waals surface area (Å²) >= 11 is 3.00. The average Bonchev–Trinajstić information content (AvgIpc) is 3.45. The number of carbonyl (C=O) groups is 1. The maximum absolute atomic E-state index is 12.4. The van der Waals surface area contributed by atoms with E-state index < -0.39 is 0 Å². The Hall–Kier alpha value is -2.91. The highest BCUT2D eigenvalue weighted by Crippen LogP contribution is 2.34. The third kappa shape index (κ3) is 3.90. The Morgan fingerprint density at radius 1 is 1.23 bits per heavy atom. The third-order valence-electron chi connectivity index (χ3n) is 4.79. The van der Waals surface area contributed by atoms with Crippen LogP contribution in [0.5, 0.6) is 0 Å². The van der Waals surface area contributed by atoms with Crippen molar-refractivity contribution in [2.45, 2.75) is 31.7 Å². The van der Waals surface area contributed by atoms with E-state index in [2.05, 4.69) is 10.2 Å². The number of furan rings is 1. The molecule has 154 valence electrons. The first-order valence-corrected chi connectivity index (χ1v) is 11.2. The van der Waals surface area contributed by atoms with Gasteiger partial charge in [-0.05, 0) is 43.2 Å². The van der Waals surface area contributed by atoms with Gasteiger partial charge in [-0.3, -0.25) is 9.69 Å². The molecule has 1 amide bonds. The van der Waals surface area contributed by atoms with Crippen molar-refractivity contribution in [3.05, 3.63) is 58.8 Å². The molecule has 3 aromatic heterocycles. The Bertz CT molecular complexity index is 1180. The van der Waals surface area contributed by atoms with Crippen LogP contribution in [-0.2, 0) is 17.6 Å². The van der Waals surface area contributed by atoms with E-state index >= 15 is 0 Å². The first kappa shape index (κ1) is 20.4. The number of benzene rings is 1. The van der Waals surface area contributed by atoms with Crippen molar-refractivity contribution in [1.29, 1.82) is 0 Å². The Balaban J connectivity index is 1.53. The van der Waals surface area contributed by atoms with E-state index in [4.69, 9.17) is 9.40 Å². The van der Waals surface area contributed by atoms with Crippen LogP contribution in [0.2, 0.25) is 0 Å². The summed E-state index contributed by atoms with van der Waals surface area (Å²) in [5.41, 5.74) is 3.97. The van der Waals surface area contributed by atoms with E-state index in [1.165, 1.54) is 11.3 Å². The van der Waals surface area contributed by atoms with Gasteiger partial charge in [-0.25, -0.2) is 4.98 Å². The number of amides is 1. The van der Waals surface area contributed by atoms with E-state index in [9.17, 15) is 4.79 Å². The van der Waals surface area contributed by atoms with Crippen LogP contribution < -0.4 is 4.90 Å². The van der Waals surface area contributed by atoms with Crippen LogP contribution in [0.1, 0.15) is 23.7 Å². The molecule has 4 aromatic rings. The van der Waals surface area contributed by atoms with Gasteiger partial charge in [-0.1, -0.05) is 23.9 Å². The summed E-state index contributed by atoms with van der Waals surface area (Å²) in [6, 6.07) is 9.63. The summed E-state index contributed by atoms with van der Waals surface area (Å²) in [6.45, 7) is 5.63. The highest BCUT2D eigenvalue weighted by atomic mass is 32.2. The molecular formula is C21H21N5O2S2. The van der Waals surface area contributed by atoms with Crippen molar-refractivity contribution in [1.82, 2.24) is 19.7 Å². The second-order valence-electron chi connectivity index (χ2n) is 6.83. The average molecular weight is 440 g/mol.